The fourth-order valence-corrected chi connectivity index (χ4v) is 6.92. The summed E-state index contributed by atoms with van der Waals surface area (Å²) in [5.74, 6) is -0.330. The number of hydrogen-bond donors (Lipinski definition) is 1. The summed E-state index contributed by atoms with van der Waals surface area (Å²) >= 11 is 0. The van der Waals surface area contributed by atoms with Crippen LogP contribution in [-0.4, -0.2) is 59.9 Å². The van der Waals surface area contributed by atoms with Crippen LogP contribution in [0.2, 0.25) is 0 Å². The van der Waals surface area contributed by atoms with Gasteiger partial charge in [0.25, 0.3) is 10.0 Å². The van der Waals surface area contributed by atoms with Crippen molar-refractivity contribution in [3.05, 3.63) is 66.7 Å². The van der Waals surface area contributed by atoms with Gasteiger partial charge in [0.05, 0.1) is 34.7 Å². The lowest BCUT2D eigenvalue weighted by Gasteiger charge is -2.35. The molecule has 33 heavy (non-hydrogen) atoms. The minimum Gasteiger partial charge on any atom is -0.379 e. The van der Waals surface area contributed by atoms with Crippen LogP contribution in [0, 0.1) is 0 Å². The summed E-state index contributed by atoms with van der Waals surface area (Å²) < 4.78 is 60.4. The minimum atomic E-state index is -3.95. The highest BCUT2D eigenvalue weighted by atomic mass is 32.2. The Balaban J connectivity index is 1.62. The Hall–Kier alpha value is -2.73. The molecular formula is C22H25N3O6S2. The average molecular weight is 492 g/mol. The standard InChI is InChI=1S/C22H25N3O6S2/c1-2-22(26)23-20-11-12-25(21-6-4-3-5-19(20)21)33(29,30)18-9-7-17(8-10-18)32(27,28)24-13-15-31-16-14-24/h2-10,20H,1,11-16H2,(H,23,26). The molecule has 11 heteroatoms. The van der Waals surface area contributed by atoms with Crippen LogP contribution in [0.5, 0.6) is 0 Å². The number of amides is 1. The van der Waals surface area contributed by atoms with E-state index in [-0.39, 0.29) is 41.4 Å². The van der Waals surface area contributed by atoms with E-state index in [0.717, 1.165) is 0 Å². The molecule has 1 saturated heterocycles. The predicted molar refractivity (Wildman–Crippen MR) is 123 cm³/mol. The summed E-state index contributed by atoms with van der Waals surface area (Å²) in [5.41, 5.74) is 1.16. The maximum absolute atomic E-state index is 13.4. The smallest absolute Gasteiger partial charge is 0.264 e. The highest BCUT2D eigenvalue weighted by Gasteiger charge is 2.34. The van der Waals surface area contributed by atoms with Crippen LogP contribution in [-0.2, 0) is 29.6 Å². The zero-order valence-electron chi connectivity index (χ0n) is 17.9. The lowest BCUT2D eigenvalue weighted by molar-refractivity contribution is -0.117. The number of hydrogen-bond acceptors (Lipinski definition) is 6. The molecule has 1 fully saturated rings. The minimum absolute atomic E-state index is 0.00759. The van der Waals surface area contributed by atoms with Crippen LogP contribution < -0.4 is 9.62 Å². The summed E-state index contributed by atoms with van der Waals surface area (Å²) in [6.07, 6.45) is 1.57. The molecule has 2 aliphatic heterocycles. The Labute approximate surface area is 193 Å². The number of ether oxygens (including phenoxy) is 1. The van der Waals surface area contributed by atoms with Crippen molar-refractivity contribution < 1.29 is 26.4 Å². The number of morpholine rings is 1. The highest BCUT2D eigenvalue weighted by Crippen LogP contribution is 2.37. The molecule has 1 unspecified atom stereocenters. The molecule has 0 saturated carbocycles. The molecular weight excluding hydrogens is 466 g/mol. The number of carbonyl (C=O) groups is 1. The van der Waals surface area contributed by atoms with Crippen LogP contribution in [0.25, 0.3) is 0 Å². The number of fused-ring (bicyclic) bond motifs is 1. The number of nitrogens with zero attached hydrogens (tertiary/aromatic N) is 2. The Morgan fingerprint density at radius 1 is 0.939 bits per heavy atom. The number of carbonyl (C=O) groups excluding carboxylic acids is 1. The van der Waals surface area contributed by atoms with Crippen LogP contribution in [0.15, 0.2) is 71.0 Å². The number of benzene rings is 2. The van der Waals surface area contributed by atoms with E-state index in [1.165, 1.54) is 39.0 Å². The molecule has 1 amide bonds. The fraction of sp³-hybridized carbons (Fsp3) is 0.318. The van der Waals surface area contributed by atoms with Gasteiger partial charge in [-0.3, -0.25) is 9.10 Å². The van der Waals surface area contributed by atoms with Crippen molar-refractivity contribution in [1.82, 2.24) is 9.62 Å². The Morgan fingerprint density at radius 2 is 1.55 bits per heavy atom. The molecule has 2 aliphatic rings. The molecule has 0 spiro atoms. The molecule has 2 heterocycles. The number of sulfonamides is 2. The molecule has 1 atom stereocenters. The van der Waals surface area contributed by atoms with Gasteiger partial charge in [0.15, 0.2) is 0 Å². The lowest BCUT2D eigenvalue weighted by Crippen LogP contribution is -2.41. The Morgan fingerprint density at radius 3 is 2.18 bits per heavy atom. The lowest BCUT2D eigenvalue weighted by atomic mass is 9.98. The quantitative estimate of drug-likeness (QED) is 0.615. The van der Waals surface area contributed by atoms with Gasteiger partial charge < -0.3 is 10.1 Å². The van der Waals surface area contributed by atoms with Crippen LogP contribution in [0.1, 0.15) is 18.0 Å². The largest absolute Gasteiger partial charge is 0.379 e. The number of nitrogens with one attached hydrogen (secondary N) is 1. The van der Waals surface area contributed by atoms with Crippen molar-refractivity contribution >= 4 is 31.6 Å². The molecule has 9 nitrogen and oxygen atoms in total. The van der Waals surface area contributed by atoms with Gasteiger partial charge in [-0.1, -0.05) is 24.8 Å². The maximum Gasteiger partial charge on any atom is 0.264 e. The first-order chi connectivity index (χ1) is 15.7. The van der Waals surface area contributed by atoms with Gasteiger partial charge in [-0.15, -0.1) is 0 Å². The molecule has 176 valence electrons. The van der Waals surface area contributed by atoms with Crippen molar-refractivity contribution in [2.45, 2.75) is 22.3 Å². The topological polar surface area (TPSA) is 113 Å². The van der Waals surface area contributed by atoms with Crippen molar-refractivity contribution in [1.29, 1.82) is 0 Å². The van der Waals surface area contributed by atoms with E-state index in [1.54, 1.807) is 24.3 Å². The average Bonchev–Trinajstić information content (AvgIpc) is 2.84. The molecule has 0 bridgehead atoms. The van der Waals surface area contributed by atoms with Gasteiger partial charge in [-0.25, -0.2) is 16.8 Å². The SMILES string of the molecule is C=CC(=O)NC1CCN(S(=O)(=O)c2ccc(S(=O)(=O)N3CCOCC3)cc2)c2ccccc21. The van der Waals surface area contributed by atoms with Crippen molar-refractivity contribution in [2.75, 3.05) is 37.2 Å². The van der Waals surface area contributed by atoms with Crippen LogP contribution in [0.3, 0.4) is 0 Å². The van der Waals surface area contributed by atoms with Crippen molar-refractivity contribution in [3.8, 4) is 0 Å². The van der Waals surface area contributed by atoms with Crippen LogP contribution in [0.4, 0.5) is 5.69 Å². The van der Waals surface area contributed by atoms with E-state index in [9.17, 15) is 21.6 Å². The summed E-state index contributed by atoms with van der Waals surface area (Å²) in [6, 6.07) is 11.9. The van der Waals surface area contributed by atoms with Crippen molar-refractivity contribution in [2.24, 2.45) is 0 Å². The molecule has 1 N–H and O–H groups in total. The van der Waals surface area contributed by atoms with Gasteiger partial charge in [0.2, 0.25) is 15.9 Å². The number of para-hydroxylation sites is 1. The van der Waals surface area contributed by atoms with E-state index < -0.39 is 20.0 Å². The molecule has 0 aliphatic carbocycles. The molecule has 0 aromatic heterocycles. The second kappa shape index (κ2) is 9.26. The Bertz CT molecular complexity index is 1250. The highest BCUT2D eigenvalue weighted by molar-refractivity contribution is 7.93. The van der Waals surface area contributed by atoms with E-state index in [0.29, 0.717) is 30.9 Å². The first-order valence-electron chi connectivity index (χ1n) is 10.5. The number of rotatable bonds is 6. The van der Waals surface area contributed by atoms with E-state index >= 15 is 0 Å². The van der Waals surface area contributed by atoms with Gasteiger partial charge >= 0.3 is 0 Å². The fourth-order valence-electron chi connectivity index (χ4n) is 4.01. The van der Waals surface area contributed by atoms with Crippen molar-refractivity contribution in [3.63, 3.8) is 0 Å². The first-order valence-corrected chi connectivity index (χ1v) is 13.4. The summed E-state index contributed by atoms with van der Waals surface area (Å²) in [6.45, 7) is 4.80. The monoisotopic (exact) mass is 491 g/mol. The second-order valence-corrected chi connectivity index (χ2v) is 11.5. The van der Waals surface area contributed by atoms with Crippen LogP contribution >= 0.6 is 0 Å². The zero-order valence-corrected chi connectivity index (χ0v) is 19.5. The first kappa shape index (κ1) is 23.4. The molecule has 2 aromatic carbocycles. The third kappa shape index (κ3) is 4.54. The maximum atomic E-state index is 13.4. The third-order valence-corrected chi connectivity index (χ3v) is 9.46. The van der Waals surface area contributed by atoms with E-state index in [1.807, 2.05) is 0 Å². The second-order valence-electron chi connectivity index (χ2n) is 7.68. The van der Waals surface area contributed by atoms with E-state index in [4.69, 9.17) is 4.74 Å². The van der Waals surface area contributed by atoms with Gasteiger partial charge in [-0.05, 0) is 48.4 Å². The zero-order chi connectivity index (χ0) is 23.6. The molecule has 0 radical (unpaired) electrons. The van der Waals surface area contributed by atoms with E-state index in [2.05, 4.69) is 11.9 Å². The van der Waals surface area contributed by atoms with Gasteiger partial charge in [0.1, 0.15) is 0 Å². The summed E-state index contributed by atoms with van der Waals surface area (Å²) in [4.78, 5) is 11.8. The summed E-state index contributed by atoms with van der Waals surface area (Å²) in [5, 5.41) is 2.83. The van der Waals surface area contributed by atoms with Gasteiger partial charge in [-0.2, -0.15) is 4.31 Å². The number of anilines is 1. The molecule has 4 rings (SSSR count). The predicted octanol–water partition coefficient (Wildman–Crippen LogP) is 1.65. The Kier molecular flexibility index (Phi) is 6.57. The molecule has 2 aromatic rings. The summed E-state index contributed by atoms with van der Waals surface area (Å²) in [7, 11) is -7.67. The van der Waals surface area contributed by atoms with Gasteiger partial charge in [0, 0.05) is 19.6 Å². The third-order valence-electron chi connectivity index (χ3n) is 5.72. The normalized spacial score (nSPS) is 19.5.